The van der Waals surface area contributed by atoms with Crippen molar-refractivity contribution in [3.8, 4) is 11.5 Å². The highest BCUT2D eigenvalue weighted by atomic mass is 35.5. The average molecular weight is 415 g/mol. The number of fused-ring (bicyclic) bond motifs is 1. The number of amides is 1. The van der Waals surface area contributed by atoms with Crippen LogP contribution in [0.1, 0.15) is 12.0 Å². The standard InChI is InChI=1S/C21H19ClN2O3S/c22-16-5-7-17(8-6-16)26-10-11-27-18-4-1-3-15(13-18)14-19-20(25)24-9-2-12-28-21(24)23-19/h1,3-8,13-14H,2,9-12H2/b19-14-. The lowest BCUT2D eigenvalue weighted by Crippen LogP contribution is -2.34. The number of hydrogen-bond donors (Lipinski definition) is 0. The highest BCUT2D eigenvalue weighted by Crippen LogP contribution is 2.28. The van der Waals surface area contributed by atoms with E-state index in [0.717, 1.165) is 40.9 Å². The first-order valence-corrected chi connectivity index (χ1v) is 10.4. The zero-order valence-electron chi connectivity index (χ0n) is 15.1. The Morgan fingerprint density at radius 1 is 1.11 bits per heavy atom. The summed E-state index contributed by atoms with van der Waals surface area (Å²) in [5, 5.41) is 1.49. The van der Waals surface area contributed by atoms with Gasteiger partial charge in [-0.2, -0.15) is 0 Å². The van der Waals surface area contributed by atoms with E-state index >= 15 is 0 Å². The lowest BCUT2D eigenvalue weighted by Gasteiger charge is -2.21. The summed E-state index contributed by atoms with van der Waals surface area (Å²) in [4.78, 5) is 18.7. The van der Waals surface area contributed by atoms with Crippen molar-refractivity contribution >= 4 is 40.5 Å². The number of benzene rings is 2. The molecule has 0 aromatic heterocycles. The van der Waals surface area contributed by atoms with Crippen molar-refractivity contribution in [3.63, 3.8) is 0 Å². The third kappa shape index (κ3) is 4.51. The second kappa shape index (κ2) is 8.71. The second-order valence-electron chi connectivity index (χ2n) is 6.31. The molecule has 0 spiro atoms. The van der Waals surface area contributed by atoms with Gasteiger partial charge >= 0.3 is 0 Å². The maximum atomic E-state index is 12.5. The number of carbonyl (C=O) groups is 1. The minimum absolute atomic E-state index is 0.0233. The Bertz CT molecular complexity index is 928. The number of aliphatic imine (C=N–C) groups is 1. The number of thioether (sulfide) groups is 1. The molecular formula is C21H19ClN2O3S. The van der Waals surface area contributed by atoms with E-state index in [1.54, 1.807) is 28.8 Å². The first kappa shape index (κ1) is 18.9. The molecule has 0 unspecified atom stereocenters. The molecule has 144 valence electrons. The van der Waals surface area contributed by atoms with Crippen molar-refractivity contribution in [2.24, 2.45) is 4.99 Å². The summed E-state index contributed by atoms with van der Waals surface area (Å²) in [6, 6.07) is 14.8. The van der Waals surface area contributed by atoms with Gasteiger partial charge in [-0.15, -0.1) is 0 Å². The predicted molar refractivity (Wildman–Crippen MR) is 113 cm³/mol. The molecule has 0 aliphatic carbocycles. The molecule has 0 bridgehead atoms. The Morgan fingerprint density at radius 3 is 2.68 bits per heavy atom. The molecule has 2 aliphatic heterocycles. The van der Waals surface area contributed by atoms with Gasteiger partial charge < -0.3 is 9.47 Å². The van der Waals surface area contributed by atoms with Crippen LogP contribution in [-0.2, 0) is 4.79 Å². The molecule has 28 heavy (non-hydrogen) atoms. The molecule has 1 fully saturated rings. The van der Waals surface area contributed by atoms with Crippen LogP contribution in [-0.4, -0.2) is 41.5 Å². The van der Waals surface area contributed by atoms with Gasteiger partial charge in [-0.3, -0.25) is 9.69 Å². The summed E-state index contributed by atoms with van der Waals surface area (Å²) in [5.74, 6) is 2.46. The fourth-order valence-electron chi connectivity index (χ4n) is 2.93. The number of carbonyl (C=O) groups excluding carboxylic acids is 1. The van der Waals surface area contributed by atoms with E-state index in [1.165, 1.54) is 0 Å². The summed E-state index contributed by atoms with van der Waals surface area (Å²) in [7, 11) is 0. The van der Waals surface area contributed by atoms with Gasteiger partial charge in [0, 0.05) is 17.3 Å². The first-order valence-electron chi connectivity index (χ1n) is 9.05. The smallest absolute Gasteiger partial charge is 0.278 e. The van der Waals surface area contributed by atoms with E-state index in [2.05, 4.69) is 4.99 Å². The molecule has 2 aromatic rings. The van der Waals surface area contributed by atoms with Gasteiger partial charge in [-0.1, -0.05) is 35.5 Å². The average Bonchev–Trinajstić information content (AvgIpc) is 3.03. The number of rotatable bonds is 6. The van der Waals surface area contributed by atoms with E-state index in [0.29, 0.717) is 23.9 Å². The van der Waals surface area contributed by atoms with Gasteiger partial charge in [0.15, 0.2) is 5.17 Å². The predicted octanol–water partition coefficient (Wildman–Crippen LogP) is 4.47. The Hall–Kier alpha value is -2.44. The highest BCUT2D eigenvalue weighted by molar-refractivity contribution is 8.13. The normalized spacial score (nSPS) is 17.5. The van der Waals surface area contributed by atoms with Gasteiger partial charge in [0.1, 0.15) is 30.4 Å². The van der Waals surface area contributed by atoms with Crippen molar-refractivity contribution in [1.29, 1.82) is 0 Å². The van der Waals surface area contributed by atoms with Gasteiger partial charge in [0.25, 0.3) is 5.91 Å². The maximum absolute atomic E-state index is 12.5. The fourth-order valence-corrected chi connectivity index (χ4v) is 4.00. The lowest BCUT2D eigenvalue weighted by atomic mass is 10.2. The van der Waals surface area contributed by atoms with E-state index in [4.69, 9.17) is 21.1 Å². The van der Waals surface area contributed by atoms with Crippen LogP contribution in [0.25, 0.3) is 6.08 Å². The highest BCUT2D eigenvalue weighted by Gasteiger charge is 2.32. The van der Waals surface area contributed by atoms with Crippen LogP contribution in [0.5, 0.6) is 11.5 Å². The van der Waals surface area contributed by atoms with Crippen molar-refractivity contribution < 1.29 is 14.3 Å². The number of halogens is 1. The second-order valence-corrected chi connectivity index (χ2v) is 7.80. The minimum Gasteiger partial charge on any atom is -0.490 e. The van der Waals surface area contributed by atoms with Gasteiger partial charge in [0.2, 0.25) is 0 Å². The van der Waals surface area contributed by atoms with Gasteiger partial charge in [-0.05, 0) is 54.5 Å². The molecule has 5 nitrogen and oxygen atoms in total. The van der Waals surface area contributed by atoms with Crippen LogP contribution in [0.4, 0.5) is 0 Å². The number of hydrogen-bond acceptors (Lipinski definition) is 5. The van der Waals surface area contributed by atoms with E-state index in [-0.39, 0.29) is 5.91 Å². The fraction of sp³-hybridized carbons (Fsp3) is 0.238. The summed E-state index contributed by atoms with van der Waals surface area (Å²) in [6.45, 7) is 1.58. The van der Waals surface area contributed by atoms with Crippen LogP contribution in [0, 0.1) is 0 Å². The molecule has 0 atom stereocenters. The number of amidine groups is 1. The SMILES string of the molecule is O=C1/C(=C/c2cccc(OCCOc3ccc(Cl)cc3)c2)N=C2SCCCN12. The zero-order valence-corrected chi connectivity index (χ0v) is 16.7. The molecule has 0 radical (unpaired) electrons. The molecule has 7 heteroatoms. The molecule has 1 amide bonds. The van der Waals surface area contributed by atoms with Crippen molar-refractivity contribution in [2.75, 3.05) is 25.5 Å². The molecule has 2 heterocycles. The number of nitrogens with zero attached hydrogens (tertiary/aromatic N) is 2. The molecule has 0 N–H and O–H groups in total. The molecule has 2 aromatic carbocycles. The topological polar surface area (TPSA) is 51.1 Å². The summed E-state index contributed by atoms with van der Waals surface area (Å²) in [5.41, 5.74) is 1.36. The molecule has 0 saturated carbocycles. The summed E-state index contributed by atoms with van der Waals surface area (Å²) < 4.78 is 11.4. The van der Waals surface area contributed by atoms with Crippen molar-refractivity contribution in [1.82, 2.24) is 4.90 Å². The van der Waals surface area contributed by atoms with Crippen LogP contribution in [0.2, 0.25) is 5.02 Å². The van der Waals surface area contributed by atoms with Crippen molar-refractivity contribution in [3.05, 3.63) is 64.8 Å². The largest absolute Gasteiger partial charge is 0.490 e. The van der Waals surface area contributed by atoms with Gasteiger partial charge in [0.05, 0.1) is 0 Å². The number of ether oxygens (including phenoxy) is 2. The van der Waals surface area contributed by atoms with Gasteiger partial charge in [-0.25, -0.2) is 4.99 Å². The molecular weight excluding hydrogens is 396 g/mol. The Kier molecular flexibility index (Phi) is 5.88. The first-order chi connectivity index (χ1) is 13.7. The van der Waals surface area contributed by atoms with Crippen molar-refractivity contribution in [2.45, 2.75) is 6.42 Å². The molecule has 1 saturated heterocycles. The van der Waals surface area contributed by atoms with Crippen LogP contribution < -0.4 is 9.47 Å². The molecule has 2 aliphatic rings. The van der Waals surface area contributed by atoms with Crippen LogP contribution >= 0.6 is 23.4 Å². The Balaban J connectivity index is 1.35. The van der Waals surface area contributed by atoms with E-state index < -0.39 is 0 Å². The van der Waals surface area contributed by atoms with E-state index in [9.17, 15) is 4.79 Å². The maximum Gasteiger partial charge on any atom is 0.278 e. The third-order valence-corrected chi connectivity index (χ3v) is 5.58. The van der Waals surface area contributed by atoms with Crippen LogP contribution in [0.3, 0.4) is 0 Å². The van der Waals surface area contributed by atoms with Crippen LogP contribution in [0.15, 0.2) is 59.2 Å². The monoisotopic (exact) mass is 414 g/mol. The quantitative estimate of drug-likeness (QED) is 0.516. The third-order valence-electron chi connectivity index (χ3n) is 4.26. The zero-order chi connectivity index (χ0) is 19.3. The summed E-state index contributed by atoms with van der Waals surface area (Å²) >= 11 is 7.49. The Labute approximate surface area is 173 Å². The van der Waals surface area contributed by atoms with E-state index in [1.807, 2.05) is 42.5 Å². The minimum atomic E-state index is -0.0233. The summed E-state index contributed by atoms with van der Waals surface area (Å²) in [6.07, 6.45) is 2.81. The lowest BCUT2D eigenvalue weighted by molar-refractivity contribution is -0.122. The Morgan fingerprint density at radius 2 is 1.89 bits per heavy atom. The molecule has 4 rings (SSSR count).